The van der Waals surface area contributed by atoms with Gasteiger partial charge in [-0.2, -0.15) is 0 Å². The van der Waals surface area contributed by atoms with Gasteiger partial charge in [0.25, 0.3) is 5.56 Å². The van der Waals surface area contributed by atoms with Crippen molar-refractivity contribution in [1.82, 2.24) is 19.4 Å². The van der Waals surface area contributed by atoms with Gasteiger partial charge in [0, 0.05) is 49.7 Å². The number of hydrogen-bond donors (Lipinski definition) is 1. The van der Waals surface area contributed by atoms with Gasteiger partial charge in [-0.3, -0.25) is 19.3 Å². The topological polar surface area (TPSA) is 80.2 Å². The molecule has 5 rings (SSSR count). The van der Waals surface area contributed by atoms with Gasteiger partial charge in [0.1, 0.15) is 0 Å². The monoisotopic (exact) mass is 396 g/mol. The van der Waals surface area contributed by atoms with Crippen LogP contribution in [0.2, 0.25) is 0 Å². The van der Waals surface area contributed by atoms with Crippen LogP contribution in [0.15, 0.2) is 21.9 Å². The number of aromatic nitrogens is 3. The normalized spacial score (nSPS) is 23.4. The number of likely N-dealkylation sites (tertiary alicyclic amines) is 1. The van der Waals surface area contributed by atoms with Crippen LogP contribution in [0, 0.1) is 0 Å². The molecule has 2 aromatic rings. The molecule has 154 valence electrons. The molecule has 1 unspecified atom stereocenters. The van der Waals surface area contributed by atoms with Gasteiger partial charge in [0.15, 0.2) is 0 Å². The van der Waals surface area contributed by atoms with Gasteiger partial charge in [0.05, 0.1) is 17.0 Å². The quantitative estimate of drug-likeness (QED) is 0.861. The Balaban J connectivity index is 1.50. The first-order chi connectivity index (χ1) is 14.2. The predicted molar refractivity (Wildman–Crippen MR) is 112 cm³/mol. The molecule has 0 bridgehead atoms. The number of hydrogen-bond acceptors (Lipinski definition) is 5. The van der Waals surface area contributed by atoms with Gasteiger partial charge in [-0.15, -0.1) is 0 Å². The molecule has 29 heavy (non-hydrogen) atoms. The number of rotatable bonds is 3. The third-order valence-electron chi connectivity index (χ3n) is 6.57. The molecule has 7 heteroatoms. The van der Waals surface area contributed by atoms with E-state index in [9.17, 15) is 9.59 Å². The highest BCUT2D eigenvalue weighted by atomic mass is 16.5. The maximum absolute atomic E-state index is 12.9. The fourth-order valence-corrected chi connectivity index (χ4v) is 5.05. The summed E-state index contributed by atoms with van der Waals surface area (Å²) in [7, 11) is 0. The number of pyridine rings is 1. The summed E-state index contributed by atoms with van der Waals surface area (Å²) in [5.74, 6) is 0. The van der Waals surface area contributed by atoms with Crippen molar-refractivity contribution in [2.75, 3.05) is 26.2 Å². The molecule has 3 aliphatic rings. The van der Waals surface area contributed by atoms with Gasteiger partial charge >= 0.3 is 5.69 Å². The Morgan fingerprint density at radius 2 is 2.03 bits per heavy atom. The lowest BCUT2D eigenvalue weighted by Crippen LogP contribution is -2.42. The maximum Gasteiger partial charge on any atom is 0.329 e. The van der Waals surface area contributed by atoms with E-state index in [1.165, 1.54) is 0 Å². The molecule has 0 spiro atoms. The van der Waals surface area contributed by atoms with Crippen molar-refractivity contribution < 1.29 is 4.74 Å². The zero-order chi connectivity index (χ0) is 19.8. The molecule has 0 radical (unpaired) electrons. The van der Waals surface area contributed by atoms with Gasteiger partial charge in [-0.25, -0.2) is 4.79 Å². The number of nitrogens with zero attached hydrogens (tertiary/aromatic N) is 3. The lowest BCUT2D eigenvalue weighted by molar-refractivity contribution is 0.0606. The first-order valence-corrected chi connectivity index (χ1v) is 10.9. The average Bonchev–Trinajstić information content (AvgIpc) is 3.11. The van der Waals surface area contributed by atoms with Crippen LogP contribution < -0.4 is 11.2 Å². The molecule has 1 aliphatic carbocycles. The van der Waals surface area contributed by atoms with Crippen molar-refractivity contribution in [3.63, 3.8) is 0 Å². The first-order valence-electron chi connectivity index (χ1n) is 10.9. The number of allylic oxidation sites excluding steroid dienone is 1. The van der Waals surface area contributed by atoms with Crippen LogP contribution in [0.3, 0.4) is 0 Å². The molecule has 2 aliphatic heterocycles. The van der Waals surface area contributed by atoms with E-state index in [0.29, 0.717) is 11.5 Å². The Morgan fingerprint density at radius 3 is 2.83 bits per heavy atom. The highest BCUT2D eigenvalue weighted by molar-refractivity contribution is 5.87. The number of fused-ring (bicyclic) bond motifs is 3. The van der Waals surface area contributed by atoms with Gasteiger partial charge in [0.2, 0.25) is 0 Å². The largest absolute Gasteiger partial charge is 0.377 e. The van der Waals surface area contributed by atoms with E-state index in [4.69, 9.17) is 4.74 Å². The number of H-pyrrole nitrogens is 1. The lowest BCUT2D eigenvalue weighted by Gasteiger charge is -2.34. The number of ether oxygens (including phenoxy) is 1. The first kappa shape index (κ1) is 18.8. The van der Waals surface area contributed by atoms with E-state index < -0.39 is 0 Å². The third-order valence-corrected chi connectivity index (χ3v) is 6.57. The summed E-state index contributed by atoms with van der Waals surface area (Å²) in [5, 5.41) is 0.511. The second-order valence-electron chi connectivity index (χ2n) is 8.47. The summed E-state index contributed by atoms with van der Waals surface area (Å²) in [6, 6.07) is 0.0887. The third kappa shape index (κ3) is 3.57. The highest BCUT2D eigenvalue weighted by Gasteiger charge is 2.27. The molecule has 0 saturated carbocycles. The van der Waals surface area contributed by atoms with Crippen molar-refractivity contribution in [2.45, 2.75) is 57.1 Å². The van der Waals surface area contributed by atoms with E-state index in [-0.39, 0.29) is 17.3 Å². The van der Waals surface area contributed by atoms with Gasteiger partial charge < -0.3 is 9.64 Å². The molecule has 7 nitrogen and oxygen atoms in total. The molecular formula is C22H28N4O3. The Morgan fingerprint density at radius 1 is 1.17 bits per heavy atom. The van der Waals surface area contributed by atoms with Crippen LogP contribution in [0.25, 0.3) is 17.0 Å². The summed E-state index contributed by atoms with van der Waals surface area (Å²) >= 11 is 0. The molecule has 4 heterocycles. The molecule has 0 amide bonds. The Kier molecular flexibility index (Phi) is 5.09. The minimum atomic E-state index is -0.343. The van der Waals surface area contributed by atoms with Crippen LogP contribution in [-0.2, 0) is 11.2 Å². The summed E-state index contributed by atoms with van der Waals surface area (Å²) in [6.07, 6.45) is 13.2. The highest BCUT2D eigenvalue weighted by Crippen LogP contribution is 2.29. The maximum atomic E-state index is 12.9. The molecule has 1 N–H and O–H groups in total. The van der Waals surface area contributed by atoms with Crippen molar-refractivity contribution in [2.24, 2.45) is 0 Å². The summed E-state index contributed by atoms with van der Waals surface area (Å²) in [5.41, 5.74) is 2.06. The van der Waals surface area contributed by atoms with Crippen molar-refractivity contribution >= 4 is 17.0 Å². The number of aromatic amines is 1. The molecule has 2 fully saturated rings. The van der Waals surface area contributed by atoms with Crippen LogP contribution >= 0.6 is 0 Å². The average molecular weight is 396 g/mol. The summed E-state index contributed by atoms with van der Waals surface area (Å²) in [6.45, 7) is 3.75. The number of nitrogens with one attached hydrogen (secondary N) is 1. The number of aryl methyl sites for hydroxylation is 1. The van der Waals surface area contributed by atoms with Crippen LogP contribution in [-0.4, -0.2) is 51.8 Å². The summed E-state index contributed by atoms with van der Waals surface area (Å²) in [4.78, 5) is 34.9. The van der Waals surface area contributed by atoms with Crippen molar-refractivity contribution in [3.05, 3.63) is 44.4 Å². The van der Waals surface area contributed by atoms with E-state index >= 15 is 0 Å². The Labute approximate surface area is 169 Å². The van der Waals surface area contributed by atoms with Crippen LogP contribution in [0.4, 0.5) is 0 Å². The zero-order valence-electron chi connectivity index (χ0n) is 16.7. The SMILES string of the molecule is O=c1[nH]c(=O)n(C2CCN(CC3CCCO3)CC2)c2c3c(ncc12)CCCC=C3. The molecule has 1 atom stereocenters. The van der Waals surface area contributed by atoms with E-state index in [1.807, 2.05) is 4.57 Å². The minimum absolute atomic E-state index is 0.0887. The van der Waals surface area contributed by atoms with Crippen LogP contribution in [0.5, 0.6) is 0 Å². The van der Waals surface area contributed by atoms with Crippen molar-refractivity contribution in [3.8, 4) is 0 Å². The standard InChI is InChI=1S/C22H28N4O3/c27-21-18-13-23-19-7-3-1-2-6-17(19)20(18)26(22(28)24-21)15-8-10-25(11-9-15)14-16-5-4-12-29-16/h2,6,13,15-16H,1,3-5,7-12,14H2,(H,24,27,28). The van der Waals surface area contributed by atoms with Crippen molar-refractivity contribution in [1.29, 1.82) is 0 Å². The lowest BCUT2D eigenvalue weighted by atomic mass is 10.0. The number of piperidine rings is 1. The second-order valence-corrected chi connectivity index (χ2v) is 8.47. The predicted octanol–water partition coefficient (Wildman–Crippen LogP) is 2.25. The Bertz CT molecular complexity index is 1040. The second kappa shape index (κ2) is 7.88. The molecule has 0 aromatic carbocycles. The molecule has 2 saturated heterocycles. The molecule has 2 aromatic heterocycles. The fraction of sp³-hybridized carbons (Fsp3) is 0.591. The van der Waals surface area contributed by atoms with E-state index in [0.717, 1.165) is 88.0 Å². The molecular weight excluding hydrogens is 368 g/mol. The summed E-state index contributed by atoms with van der Waals surface area (Å²) < 4.78 is 7.62. The van der Waals surface area contributed by atoms with Crippen LogP contribution in [0.1, 0.15) is 55.8 Å². The van der Waals surface area contributed by atoms with E-state index in [1.54, 1.807) is 6.20 Å². The van der Waals surface area contributed by atoms with E-state index in [2.05, 4.69) is 27.0 Å². The smallest absolute Gasteiger partial charge is 0.329 e. The minimum Gasteiger partial charge on any atom is -0.377 e. The Hall–Kier alpha value is -2.25. The zero-order valence-corrected chi connectivity index (χ0v) is 16.7. The van der Waals surface area contributed by atoms with Gasteiger partial charge in [-0.1, -0.05) is 12.2 Å². The fourth-order valence-electron chi connectivity index (χ4n) is 5.05. The van der Waals surface area contributed by atoms with Gasteiger partial charge in [-0.05, 0) is 44.9 Å².